The normalized spacial score (nSPS) is 32.4. The highest BCUT2D eigenvalue weighted by molar-refractivity contribution is 6.02. The fourth-order valence-corrected chi connectivity index (χ4v) is 5.37. The summed E-state index contributed by atoms with van der Waals surface area (Å²) < 4.78 is 0. The maximum Gasteiger partial charge on any atom is 0.228 e. The SMILES string of the molecule is Cc1cccc2c1C(C(=O)NCC(C)C)C13CC(=O)C(C)(CC=C21)C3. The average Bonchev–Trinajstić information content (AvgIpc) is 2.93. The number of aryl methyl sites for hydroxylation is 1. The van der Waals surface area contributed by atoms with Crippen LogP contribution in [0.5, 0.6) is 0 Å². The Kier molecular flexibility index (Phi) is 3.51. The van der Waals surface area contributed by atoms with Crippen LogP contribution in [-0.4, -0.2) is 18.2 Å². The van der Waals surface area contributed by atoms with Gasteiger partial charge in [0, 0.05) is 23.8 Å². The first-order valence-electron chi connectivity index (χ1n) is 9.40. The van der Waals surface area contributed by atoms with Crippen molar-refractivity contribution in [3.8, 4) is 0 Å². The van der Waals surface area contributed by atoms with Gasteiger partial charge in [-0.3, -0.25) is 9.59 Å². The Labute approximate surface area is 149 Å². The second kappa shape index (κ2) is 5.30. The quantitative estimate of drug-likeness (QED) is 0.906. The van der Waals surface area contributed by atoms with Crippen molar-refractivity contribution < 1.29 is 9.59 Å². The van der Waals surface area contributed by atoms with Gasteiger partial charge in [0.2, 0.25) is 5.91 Å². The van der Waals surface area contributed by atoms with Crippen LogP contribution in [-0.2, 0) is 9.59 Å². The van der Waals surface area contributed by atoms with Crippen LogP contribution in [0, 0.1) is 23.7 Å². The molecule has 2 bridgehead atoms. The fourth-order valence-electron chi connectivity index (χ4n) is 5.37. The van der Waals surface area contributed by atoms with Crippen LogP contribution in [0.15, 0.2) is 24.3 Å². The number of carbonyl (C=O) groups excluding carboxylic acids is 2. The molecular formula is C22H27NO2. The molecular weight excluding hydrogens is 310 g/mol. The lowest BCUT2D eigenvalue weighted by Gasteiger charge is -2.37. The third-order valence-corrected chi connectivity index (χ3v) is 6.55. The number of hydrogen-bond acceptors (Lipinski definition) is 2. The summed E-state index contributed by atoms with van der Waals surface area (Å²) in [6.07, 6.45) is 4.36. The Balaban J connectivity index is 1.86. The molecule has 1 N–H and O–H groups in total. The van der Waals surface area contributed by atoms with E-state index >= 15 is 0 Å². The predicted molar refractivity (Wildman–Crippen MR) is 99.1 cm³/mol. The van der Waals surface area contributed by atoms with Crippen LogP contribution >= 0.6 is 0 Å². The van der Waals surface area contributed by atoms with Crippen molar-refractivity contribution in [1.29, 1.82) is 0 Å². The van der Waals surface area contributed by atoms with E-state index in [2.05, 4.69) is 57.3 Å². The van der Waals surface area contributed by atoms with Crippen molar-refractivity contribution in [2.75, 3.05) is 6.54 Å². The lowest BCUT2D eigenvalue weighted by Crippen LogP contribution is -2.39. The van der Waals surface area contributed by atoms with E-state index in [0.717, 1.165) is 24.0 Å². The van der Waals surface area contributed by atoms with Gasteiger partial charge in [-0.2, -0.15) is 0 Å². The molecule has 1 spiro atoms. The number of benzene rings is 1. The minimum atomic E-state index is -0.334. The molecule has 1 aromatic carbocycles. The smallest absolute Gasteiger partial charge is 0.228 e. The molecule has 3 nitrogen and oxygen atoms in total. The molecule has 1 saturated carbocycles. The molecule has 3 unspecified atom stereocenters. The number of hydrogen-bond donors (Lipinski definition) is 1. The van der Waals surface area contributed by atoms with E-state index in [-0.39, 0.29) is 22.7 Å². The van der Waals surface area contributed by atoms with Gasteiger partial charge in [-0.05, 0) is 47.9 Å². The van der Waals surface area contributed by atoms with Crippen molar-refractivity contribution in [2.24, 2.45) is 16.7 Å². The van der Waals surface area contributed by atoms with Crippen molar-refractivity contribution in [3.05, 3.63) is 41.0 Å². The van der Waals surface area contributed by atoms with Crippen molar-refractivity contribution in [1.82, 2.24) is 5.32 Å². The van der Waals surface area contributed by atoms with Gasteiger partial charge >= 0.3 is 0 Å². The molecule has 1 fully saturated rings. The largest absolute Gasteiger partial charge is 0.355 e. The topological polar surface area (TPSA) is 46.2 Å². The van der Waals surface area contributed by atoms with Crippen LogP contribution in [0.4, 0.5) is 0 Å². The molecule has 0 aliphatic heterocycles. The van der Waals surface area contributed by atoms with Crippen LogP contribution < -0.4 is 5.32 Å². The lowest BCUT2D eigenvalue weighted by atomic mass is 9.65. The Morgan fingerprint density at radius 3 is 2.84 bits per heavy atom. The zero-order valence-corrected chi connectivity index (χ0v) is 15.6. The fraction of sp³-hybridized carbons (Fsp3) is 0.545. The van der Waals surface area contributed by atoms with Crippen LogP contribution in [0.2, 0.25) is 0 Å². The summed E-state index contributed by atoms with van der Waals surface area (Å²) in [5.74, 6) is 0.591. The van der Waals surface area contributed by atoms with E-state index in [9.17, 15) is 9.59 Å². The summed E-state index contributed by atoms with van der Waals surface area (Å²) >= 11 is 0. The average molecular weight is 337 g/mol. The standard InChI is InChI=1S/C22H27NO2/c1-13(2)11-23-20(25)19-18-14(3)6-5-7-15(18)16-8-9-21(4)12-22(16,19)10-17(21)24/h5-8,13,19H,9-12H2,1-4H3,(H,23,25). The molecule has 1 amide bonds. The van der Waals surface area contributed by atoms with Gasteiger partial charge in [0.15, 0.2) is 0 Å². The summed E-state index contributed by atoms with van der Waals surface area (Å²) in [4.78, 5) is 26.1. The van der Waals surface area contributed by atoms with Gasteiger partial charge in [-0.1, -0.05) is 45.0 Å². The molecule has 3 aliphatic carbocycles. The first kappa shape index (κ1) is 16.6. The Morgan fingerprint density at radius 1 is 1.36 bits per heavy atom. The number of nitrogens with one attached hydrogen (secondary N) is 1. The van der Waals surface area contributed by atoms with Gasteiger partial charge in [0.05, 0.1) is 5.92 Å². The third-order valence-electron chi connectivity index (χ3n) is 6.55. The molecule has 0 saturated heterocycles. The number of amides is 1. The summed E-state index contributed by atoms with van der Waals surface area (Å²) in [6, 6.07) is 6.30. The second-order valence-electron chi connectivity index (χ2n) is 8.92. The van der Waals surface area contributed by atoms with Crippen LogP contribution in [0.25, 0.3) is 5.57 Å². The summed E-state index contributed by atoms with van der Waals surface area (Å²) in [6.45, 7) is 9.06. The van der Waals surface area contributed by atoms with Crippen molar-refractivity contribution >= 4 is 17.3 Å². The summed E-state index contributed by atoms with van der Waals surface area (Å²) in [5.41, 5.74) is 4.12. The Bertz CT molecular complexity index is 806. The molecule has 3 aliphatic rings. The number of rotatable bonds is 3. The van der Waals surface area contributed by atoms with Crippen molar-refractivity contribution in [2.45, 2.75) is 52.9 Å². The summed E-state index contributed by atoms with van der Waals surface area (Å²) in [7, 11) is 0. The highest BCUT2D eigenvalue weighted by Crippen LogP contribution is 2.69. The monoisotopic (exact) mass is 337 g/mol. The molecule has 3 atom stereocenters. The van der Waals surface area contributed by atoms with Gasteiger partial charge in [0.1, 0.15) is 5.78 Å². The highest BCUT2D eigenvalue weighted by atomic mass is 16.2. The molecule has 1 aromatic rings. The van der Waals surface area contributed by atoms with E-state index in [1.807, 2.05) is 0 Å². The molecule has 0 radical (unpaired) electrons. The molecule has 3 heteroatoms. The van der Waals surface area contributed by atoms with E-state index < -0.39 is 0 Å². The molecule has 132 valence electrons. The first-order valence-corrected chi connectivity index (χ1v) is 9.40. The summed E-state index contributed by atoms with van der Waals surface area (Å²) in [5, 5.41) is 3.15. The Hall–Kier alpha value is -1.90. The van der Waals surface area contributed by atoms with Crippen molar-refractivity contribution in [3.63, 3.8) is 0 Å². The maximum atomic E-state index is 13.3. The zero-order valence-electron chi connectivity index (χ0n) is 15.6. The number of Topliss-reactive ketones (excluding diaryl/α,β-unsaturated/α-hetero) is 1. The lowest BCUT2D eigenvalue weighted by molar-refractivity contribution is -0.125. The number of fused-ring (bicyclic) bond motifs is 3. The first-order chi connectivity index (χ1) is 11.8. The number of ketones is 1. The number of allylic oxidation sites excluding steroid dienone is 2. The van der Waals surface area contributed by atoms with Gasteiger partial charge < -0.3 is 5.32 Å². The molecule has 0 heterocycles. The molecule has 0 aromatic heterocycles. The van der Waals surface area contributed by atoms with Gasteiger partial charge in [-0.25, -0.2) is 0 Å². The van der Waals surface area contributed by atoms with Gasteiger partial charge in [0.25, 0.3) is 0 Å². The number of carbonyl (C=O) groups is 2. The minimum Gasteiger partial charge on any atom is -0.355 e. The highest BCUT2D eigenvalue weighted by Gasteiger charge is 2.64. The van der Waals surface area contributed by atoms with E-state index in [0.29, 0.717) is 24.7 Å². The van der Waals surface area contributed by atoms with E-state index in [1.54, 1.807) is 0 Å². The zero-order chi connectivity index (χ0) is 18.0. The predicted octanol–water partition coefficient (Wildman–Crippen LogP) is 4.01. The van der Waals surface area contributed by atoms with E-state index in [4.69, 9.17) is 0 Å². The van der Waals surface area contributed by atoms with Crippen LogP contribution in [0.1, 0.15) is 62.6 Å². The third kappa shape index (κ3) is 2.17. The molecule has 4 rings (SSSR count). The van der Waals surface area contributed by atoms with Crippen LogP contribution in [0.3, 0.4) is 0 Å². The minimum absolute atomic E-state index is 0.0894. The second-order valence-corrected chi connectivity index (χ2v) is 8.92. The maximum absolute atomic E-state index is 13.3. The Morgan fingerprint density at radius 2 is 2.12 bits per heavy atom. The molecule has 25 heavy (non-hydrogen) atoms. The van der Waals surface area contributed by atoms with E-state index in [1.165, 1.54) is 11.1 Å². The van der Waals surface area contributed by atoms with Gasteiger partial charge in [-0.15, -0.1) is 0 Å².